The molecular weight excluding hydrogens is 304 g/mol. The van der Waals surface area contributed by atoms with Crippen LogP contribution in [-0.4, -0.2) is 33.3 Å². The predicted octanol–water partition coefficient (Wildman–Crippen LogP) is 2.22. The van der Waals surface area contributed by atoms with Crippen molar-refractivity contribution in [3.8, 4) is 34.5 Å². The van der Waals surface area contributed by atoms with E-state index in [9.17, 15) is 25.2 Å². The third-order valence-electron chi connectivity index (χ3n) is 3.71. The molecule has 1 atom stereocenters. The molecule has 0 aliphatic carbocycles. The van der Waals surface area contributed by atoms with Crippen molar-refractivity contribution in [3.05, 3.63) is 35.4 Å². The average molecular weight is 318 g/mol. The fraction of sp³-hybridized carbons (Fsp3) is 0.188. The van der Waals surface area contributed by atoms with Gasteiger partial charge in [-0.15, -0.1) is 0 Å². The van der Waals surface area contributed by atoms with Crippen LogP contribution in [0.15, 0.2) is 24.3 Å². The number of fused-ring (bicyclic) bond motifs is 1. The molecule has 1 aliphatic rings. The number of ether oxygens (including phenoxy) is 2. The monoisotopic (exact) mass is 318 g/mol. The van der Waals surface area contributed by atoms with Crippen molar-refractivity contribution in [2.45, 2.75) is 12.5 Å². The predicted molar refractivity (Wildman–Crippen MR) is 78.4 cm³/mol. The maximum Gasteiger partial charge on any atom is 0.208 e. The van der Waals surface area contributed by atoms with E-state index in [-0.39, 0.29) is 29.2 Å². The van der Waals surface area contributed by atoms with Crippen LogP contribution in [0.2, 0.25) is 0 Å². The molecule has 0 saturated carbocycles. The van der Waals surface area contributed by atoms with Crippen molar-refractivity contribution in [2.75, 3.05) is 7.11 Å². The molecule has 0 amide bonds. The lowest BCUT2D eigenvalue weighted by atomic mass is 9.94. The number of aromatic hydroxyl groups is 4. The zero-order valence-corrected chi connectivity index (χ0v) is 12.1. The van der Waals surface area contributed by atoms with Gasteiger partial charge in [-0.25, -0.2) is 0 Å². The molecule has 23 heavy (non-hydrogen) atoms. The number of phenols is 4. The Morgan fingerprint density at radius 3 is 2.30 bits per heavy atom. The Balaban J connectivity index is 2.12. The molecular formula is C16H14O7. The lowest BCUT2D eigenvalue weighted by Crippen LogP contribution is -2.21. The quantitative estimate of drug-likeness (QED) is 0.627. The second-order valence-electron chi connectivity index (χ2n) is 5.11. The van der Waals surface area contributed by atoms with Crippen LogP contribution < -0.4 is 9.47 Å². The first-order valence-corrected chi connectivity index (χ1v) is 6.77. The Morgan fingerprint density at radius 1 is 1.04 bits per heavy atom. The highest BCUT2D eigenvalue weighted by atomic mass is 16.5. The molecule has 0 aromatic heterocycles. The van der Waals surface area contributed by atoms with Crippen LogP contribution in [0.1, 0.15) is 28.4 Å². The summed E-state index contributed by atoms with van der Waals surface area (Å²) in [5.41, 5.74) is 0.406. The van der Waals surface area contributed by atoms with Crippen molar-refractivity contribution in [1.82, 2.24) is 0 Å². The molecule has 7 heteroatoms. The summed E-state index contributed by atoms with van der Waals surface area (Å²) in [6, 6.07) is 6.12. The minimum Gasteiger partial charge on any atom is -0.508 e. The topological polar surface area (TPSA) is 116 Å². The van der Waals surface area contributed by atoms with Crippen LogP contribution in [-0.2, 0) is 0 Å². The smallest absolute Gasteiger partial charge is 0.208 e. The van der Waals surface area contributed by atoms with Crippen molar-refractivity contribution >= 4 is 5.78 Å². The summed E-state index contributed by atoms with van der Waals surface area (Å²) in [5.74, 6) is -3.03. The Morgan fingerprint density at radius 2 is 1.70 bits per heavy atom. The Hall–Kier alpha value is -3.09. The van der Waals surface area contributed by atoms with Crippen molar-refractivity contribution in [1.29, 1.82) is 0 Å². The molecule has 0 fully saturated rings. The number of hydrogen-bond donors (Lipinski definition) is 4. The summed E-state index contributed by atoms with van der Waals surface area (Å²) in [4.78, 5) is 12.4. The summed E-state index contributed by atoms with van der Waals surface area (Å²) in [7, 11) is 1.24. The van der Waals surface area contributed by atoms with Gasteiger partial charge in [0.25, 0.3) is 0 Å². The van der Waals surface area contributed by atoms with Crippen LogP contribution in [0.3, 0.4) is 0 Å². The van der Waals surface area contributed by atoms with E-state index in [4.69, 9.17) is 9.47 Å². The van der Waals surface area contributed by atoms with E-state index in [1.54, 1.807) is 12.1 Å². The maximum absolute atomic E-state index is 12.4. The van der Waals surface area contributed by atoms with E-state index in [1.165, 1.54) is 19.2 Å². The van der Waals surface area contributed by atoms with Gasteiger partial charge < -0.3 is 29.9 Å². The van der Waals surface area contributed by atoms with Crippen molar-refractivity contribution in [2.24, 2.45) is 0 Å². The van der Waals surface area contributed by atoms with Crippen LogP contribution in [0, 0.1) is 0 Å². The van der Waals surface area contributed by atoms with E-state index in [2.05, 4.69) is 0 Å². The number of ketones is 1. The van der Waals surface area contributed by atoms with Crippen LogP contribution in [0.4, 0.5) is 0 Å². The summed E-state index contributed by atoms with van der Waals surface area (Å²) < 4.78 is 10.7. The van der Waals surface area contributed by atoms with Crippen molar-refractivity contribution in [3.63, 3.8) is 0 Å². The fourth-order valence-corrected chi connectivity index (χ4v) is 2.56. The highest BCUT2D eigenvalue weighted by Gasteiger charge is 2.36. The number of methoxy groups -OCH3 is 1. The van der Waals surface area contributed by atoms with E-state index < -0.39 is 29.1 Å². The molecule has 0 spiro atoms. The number of benzene rings is 2. The lowest BCUT2D eigenvalue weighted by molar-refractivity contribution is 0.0834. The van der Waals surface area contributed by atoms with E-state index >= 15 is 0 Å². The van der Waals surface area contributed by atoms with Gasteiger partial charge in [0.05, 0.1) is 13.5 Å². The van der Waals surface area contributed by atoms with Crippen LogP contribution in [0.5, 0.6) is 34.5 Å². The zero-order chi connectivity index (χ0) is 16.7. The Labute approximate surface area is 131 Å². The molecule has 2 aromatic rings. The standard InChI is InChI=1S/C16H14O7/c1-22-16-14(21)13(20)12(19)11-9(18)6-10(23-15(11)16)7-2-4-8(17)5-3-7/h2-5,10,17,19-21H,6H2,1H3. The van der Waals surface area contributed by atoms with Crippen molar-refractivity contribution < 1.29 is 34.7 Å². The van der Waals surface area contributed by atoms with Gasteiger partial charge in [0.1, 0.15) is 17.4 Å². The van der Waals surface area contributed by atoms with Gasteiger partial charge in [0, 0.05) is 0 Å². The molecule has 1 heterocycles. The van der Waals surface area contributed by atoms with Crippen LogP contribution >= 0.6 is 0 Å². The SMILES string of the molecule is COc1c(O)c(O)c(O)c2c1OC(c1ccc(O)cc1)CC2=O. The lowest BCUT2D eigenvalue weighted by Gasteiger charge is -2.28. The number of carbonyl (C=O) groups is 1. The van der Waals surface area contributed by atoms with Gasteiger partial charge in [0.2, 0.25) is 17.2 Å². The molecule has 0 bridgehead atoms. The first-order valence-electron chi connectivity index (χ1n) is 6.77. The van der Waals surface area contributed by atoms with Gasteiger partial charge >= 0.3 is 0 Å². The number of hydrogen-bond acceptors (Lipinski definition) is 7. The number of carbonyl (C=O) groups excluding carboxylic acids is 1. The molecule has 7 nitrogen and oxygen atoms in total. The van der Waals surface area contributed by atoms with Gasteiger partial charge in [-0.1, -0.05) is 12.1 Å². The first kappa shape index (κ1) is 14.8. The normalized spacial score (nSPS) is 16.6. The molecule has 0 saturated heterocycles. The summed E-state index contributed by atoms with van der Waals surface area (Å²) in [5, 5.41) is 38.8. The van der Waals surface area contributed by atoms with E-state index in [0.717, 1.165) is 0 Å². The summed E-state index contributed by atoms with van der Waals surface area (Å²) in [6.07, 6.45) is -0.744. The first-order chi connectivity index (χ1) is 10.9. The highest BCUT2D eigenvalue weighted by Crippen LogP contribution is 2.55. The minimum absolute atomic E-state index is 0.0707. The highest BCUT2D eigenvalue weighted by molar-refractivity contribution is 6.05. The van der Waals surface area contributed by atoms with Crippen LogP contribution in [0.25, 0.3) is 0 Å². The average Bonchev–Trinajstić information content (AvgIpc) is 2.53. The molecule has 4 N–H and O–H groups in total. The fourth-order valence-electron chi connectivity index (χ4n) is 2.56. The number of phenolic OH excluding ortho intramolecular Hbond substituents is 4. The largest absolute Gasteiger partial charge is 0.508 e. The third-order valence-corrected chi connectivity index (χ3v) is 3.71. The maximum atomic E-state index is 12.4. The molecule has 2 aromatic carbocycles. The number of rotatable bonds is 2. The third kappa shape index (κ3) is 2.26. The number of Topliss-reactive ketones (excluding diaryl/α,β-unsaturated/α-hetero) is 1. The van der Waals surface area contributed by atoms with E-state index in [1.807, 2.05) is 0 Å². The molecule has 0 radical (unpaired) electrons. The summed E-state index contributed by atoms with van der Waals surface area (Å²) >= 11 is 0. The molecule has 1 aliphatic heterocycles. The summed E-state index contributed by atoms with van der Waals surface area (Å²) in [6.45, 7) is 0. The molecule has 1 unspecified atom stereocenters. The Kier molecular flexibility index (Phi) is 3.40. The second kappa shape index (κ2) is 5.28. The van der Waals surface area contributed by atoms with Gasteiger partial charge in [-0.05, 0) is 17.7 Å². The minimum atomic E-state index is -0.833. The second-order valence-corrected chi connectivity index (χ2v) is 5.11. The van der Waals surface area contributed by atoms with Gasteiger partial charge in [0.15, 0.2) is 17.3 Å². The Bertz CT molecular complexity index is 780. The van der Waals surface area contributed by atoms with E-state index in [0.29, 0.717) is 5.56 Å². The van der Waals surface area contributed by atoms with Gasteiger partial charge in [-0.3, -0.25) is 4.79 Å². The molecule has 120 valence electrons. The van der Waals surface area contributed by atoms with Gasteiger partial charge in [-0.2, -0.15) is 0 Å². The molecule has 3 rings (SSSR count). The zero-order valence-electron chi connectivity index (χ0n) is 12.1.